The number of rotatable bonds is 4. The van der Waals surface area contributed by atoms with Gasteiger partial charge in [-0.2, -0.15) is 4.98 Å². The van der Waals surface area contributed by atoms with E-state index in [1.807, 2.05) is 12.1 Å². The first-order valence-electron chi connectivity index (χ1n) is 6.74. The van der Waals surface area contributed by atoms with Gasteiger partial charge in [0.15, 0.2) is 5.82 Å². The molecule has 1 aliphatic carbocycles. The Bertz CT molecular complexity index is 531. The first kappa shape index (κ1) is 12.3. The topological polar surface area (TPSA) is 77.8 Å². The zero-order chi connectivity index (χ0) is 13.1. The van der Waals surface area contributed by atoms with Gasteiger partial charge in [-0.05, 0) is 30.5 Å². The predicted molar refractivity (Wildman–Crippen MR) is 70.5 cm³/mol. The van der Waals surface area contributed by atoms with Crippen molar-refractivity contribution < 1.29 is 4.52 Å². The van der Waals surface area contributed by atoms with E-state index in [4.69, 9.17) is 10.3 Å². The summed E-state index contributed by atoms with van der Waals surface area (Å²) in [5.74, 6) is 1.44. The lowest BCUT2D eigenvalue weighted by Gasteiger charge is -2.21. The van der Waals surface area contributed by atoms with Crippen LogP contribution in [0.1, 0.15) is 43.0 Å². The van der Waals surface area contributed by atoms with E-state index < -0.39 is 0 Å². The molecule has 1 fully saturated rings. The number of nitrogens with two attached hydrogens (primary N) is 1. The van der Waals surface area contributed by atoms with Gasteiger partial charge >= 0.3 is 0 Å². The molecule has 0 bridgehead atoms. The van der Waals surface area contributed by atoms with Crippen molar-refractivity contribution in [3.8, 4) is 0 Å². The lowest BCUT2D eigenvalue weighted by molar-refractivity contribution is 0.283. The average Bonchev–Trinajstić information content (AvgIpc) is 3.09. The molecule has 2 aromatic heterocycles. The lowest BCUT2D eigenvalue weighted by atomic mass is 9.86. The molecule has 2 aromatic rings. The number of hydrogen-bond acceptors (Lipinski definition) is 5. The molecule has 1 saturated carbocycles. The largest absolute Gasteiger partial charge is 0.339 e. The highest BCUT2D eigenvalue weighted by Gasteiger charge is 2.39. The van der Waals surface area contributed by atoms with Gasteiger partial charge in [0.1, 0.15) is 0 Å². The molecule has 100 valence electrons. The van der Waals surface area contributed by atoms with Crippen LogP contribution >= 0.6 is 0 Å². The lowest BCUT2D eigenvalue weighted by Crippen LogP contribution is -2.32. The first-order chi connectivity index (χ1) is 9.32. The minimum atomic E-state index is -0.0799. The second-order valence-corrected chi connectivity index (χ2v) is 5.24. The minimum Gasteiger partial charge on any atom is -0.339 e. The predicted octanol–water partition coefficient (Wildman–Crippen LogP) is 1.83. The van der Waals surface area contributed by atoms with E-state index in [1.54, 1.807) is 12.4 Å². The van der Waals surface area contributed by atoms with Crippen LogP contribution < -0.4 is 5.73 Å². The summed E-state index contributed by atoms with van der Waals surface area (Å²) in [6, 6.07) is 3.93. The molecule has 0 saturated heterocycles. The monoisotopic (exact) mass is 258 g/mol. The zero-order valence-corrected chi connectivity index (χ0v) is 10.9. The Balaban J connectivity index is 1.79. The van der Waals surface area contributed by atoms with Crippen molar-refractivity contribution in [3.05, 3.63) is 41.8 Å². The summed E-state index contributed by atoms with van der Waals surface area (Å²) in [6.07, 6.45) is 8.72. The van der Waals surface area contributed by atoms with E-state index >= 15 is 0 Å². The minimum absolute atomic E-state index is 0.0799. The Morgan fingerprint density at radius 2 is 1.95 bits per heavy atom. The van der Waals surface area contributed by atoms with Gasteiger partial charge < -0.3 is 10.3 Å². The molecule has 0 spiro atoms. The van der Waals surface area contributed by atoms with Gasteiger partial charge in [0.25, 0.3) is 0 Å². The summed E-state index contributed by atoms with van der Waals surface area (Å²) in [6.45, 7) is 0.587. The third-order valence-corrected chi connectivity index (χ3v) is 3.98. The van der Waals surface area contributed by atoms with Gasteiger partial charge in [-0.1, -0.05) is 18.0 Å². The SMILES string of the molecule is NCC1(c2nc(Cc3ccncc3)no2)CCCC1. The van der Waals surface area contributed by atoms with Crippen LogP contribution in [-0.4, -0.2) is 21.7 Å². The molecular weight excluding hydrogens is 240 g/mol. The summed E-state index contributed by atoms with van der Waals surface area (Å²) in [5.41, 5.74) is 6.98. The van der Waals surface area contributed by atoms with E-state index in [2.05, 4.69) is 15.1 Å². The molecule has 1 aliphatic rings. The van der Waals surface area contributed by atoms with E-state index in [1.165, 1.54) is 12.8 Å². The molecule has 5 nitrogen and oxygen atoms in total. The summed E-state index contributed by atoms with van der Waals surface area (Å²) in [5, 5.41) is 4.09. The third-order valence-electron chi connectivity index (χ3n) is 3.98. The fourth-order valence-corrected chi connectivity index (χ4v) is 2.78. The fourth-order valence-electron chi connectivity index (χ4n) is 2.78. The molecule has 2 N–H and O–H groups in total. The Labute approximate surface area is 112 Å². The van der Waals surface area contributed by atoms with Crippen molar-refractivity contribution in [2.75, 3.05) is 6.54 Å². The quantitative estimate of drug-likeness (QED) is 0.905. The zero-order valence-electron chi connectivity index (χ0n) is 10.9. The van der Waals surface area contributed by atoms with Gasteiger partial charge in [0.05, 0.1) is 5.41 Å². The second-order valence-electron chi connectivity index (χ2n) is 5.24. The van der Waals surface area contributed by atoms with Crippen LogP contribution in [0.2, 0.25) is 0 Å². The van der Waals surface area contributed by atoms with Crippen LogP contribution in [0.15, 0.2) is 29.0 Å². The van der Waals surface area contributed by atoms with Crippen molar-refractivity contribution in [2.45, 2.75) is 37.5 Å². The van der Waals surface area contributed by atoms with Gasteiger partial charge in [-0.15, -0.1) is 0 Å². The van der Waals surface area contributed by atoms with E-state index in [0.717, 1.165) is 30.1 Å². The maximum Gasteiger partial charge on any atom is 0.234 e. The molecule has 0 aromatic carbocycles. The standard InChI is InChI=1S/C14H18N4O/c15-10-14(5-1-2-6-14)13-17-12(18-19-13)9-11-3-7-16-8-4-11/h3-4,7-8H,1-2,5-6,9-10,15H2. The normalized spacial score (nSPS) is 17.7. The van der Waals surface area contributed by atoms with Crippen LogP contribution in [0, 0.1) is 0 Å². The Kier molecular flexibility index (Phi) is 3.29. The van der Waals surface area contributed by atoms with E-state index in [0.29, 0.717) is 13.0 Å². The molecule has 3 rings (SSSR count). The maximum absolute atomic E-state index is 5.93. The highest BCUT2D eigenvalue weighted by atomic mass is 16.5. The fraction of sp³-hybridized carbons (Fsp3) is 0.500. The Hall–Kier alpha value is -1.75. The number of pyridine rings is 1. The van der Waals surface area contributed by atoms with Crippen LogP contribution in [0.4, 0.5) is 0 Å². The maximum atomic E-state index is 5.93. The van der Waals surface area contributed by atoms with Crippen molar-refractivity contribution in [2.24, 2.45) is 5.73 Å². The molecule has 0 atom stereocenters. The van der Waals surface area contributed by atoms with Gasteiger partial charge in [0, 0.05) is 25.4 Å². The van der Waals surface area contributed by atoms with Crippen molar-refractivity contribution >= 4 is 0 Å². The number of nitrogens with zero attached hydrogens (tertiary/aromatic N) is 3. The van der Waals surface area contributed by atoms with Crippen molar-refractivity contribution in [1.82, 2.24) is 15.1 Å². The summed E-state index contributed by atoms with van der Waals surface area (Å²) < 4.78 is 5.46. The van der Waals surface area contributed by atoms with Crippen LogP contribution in [0.5, 0.6) is 0 Å². The third kappa shape index (κ3) is 2.38. The van der Waals surface area contributed by atoms with Gasteiger partial charge in [-0.3, -0.25) is 4.98 Å². The van der Waals surface area contributed by atoms with Crippen molar-refractivity contribution in [3.63, 3.8) is 0 Å². The summed E-state index contributed by atoms with van der Waals surface area (Å²) in [4.78, 5) is 8.55. The highest BCUT2D eigenvalue weighted by molar-refractivity contribution is 5.16. The first-order valence-corrected chi connectivity index (χ1v) is 6.74. The van der Waals surface area contributed by atoms with E-state index in [9.17, 15) is 0 Å². The molecule has 0 aliphatic heterocycles. The van der Waals surface area contributed by atoms with E-state index in [-0.39, 0.29) is 5.41 Å². The van der Waals surface area contributed by atoms with Crippen LogP contribution in [-0.2, 0) is 11.8 Å². The second kappa shape index (κ2) is 5.09. The molecule has 2 heterocycles. The Morgan fingerprint density at radius 1 is 1.21 bits per heavy atom. The smallest absolute Gasteiger partial charge is 0.234 e. The average molecular weight is 258 g/mol. The number of aromatic nitrogens is 3. The molecule has 0 unspecified atom stereocenters. The summed E-state index contributed by atoms with van der Waals surface area (Å²) in [7, 11) is 0. The molecule has 5 heteroatoms. The van der Waals surface area contributed by atoms with Crippen molar-refractivity contribution in [1.29, 1.82) is 0 Å². The number of hydrogen-bond donors (Lipinski definition) is 1. The van der Waals surface area contributed by atoms with Crippen LogP contribution in [0.3, 0.4) is 0 Å². The highest BCUT2D eigenvalue weighted by Crippen LogP contribution is 2.39. The van der Waals surface area contributed by atoms with Gasteiger partial charge in [-0.25, -0.2) is 0 Å². The summed E-state index contributed by atoms with van der Waals surface area (Å²) >= 11 is 0. The molecule has 19 heavy (non-hydrogen) atoms. The van der Waals surface area contributed by atoms with Crippen LogP contribution in [0.25, 0.3) is 0 Å². The molecular formula is C14H18N4O. The Morgan fingerprint density at radius 3 is 2.63 bits per heavy atom. The molecule has 0 amide bonds. The molecule has 0 radical (unpaired) electrons. The van der Waals surface area contributed by atoms with Gasteiger partial charge in [0.2, 0.25) is 5.89 Å².